The minimum atomic E-state index is -0.581. The molecule has 0 spiro atoms. The van der Waals surface area contributed by atoms with Crippen molar-refractivity contribution < 1.29 is 9.84 Å². The molecule has 0 unspecified atom stereocenters. The highest BCUT2D eigenvalue weighted by Gasteiger charge is 2.40. The van der Waals surface area contributed by atoms with Crippen molar-refractivity contribution in [3.63, 3.8) is 0 Å². The molecule has 33 heavy (non-hydrogen) atoms. The summed E-state index contributed by atoms with van der Waals surface area (Å²) in [6.45, 7) is 5.91. The molecule has 180 valence electrons. The van der Waals surface area contributed by atoms with Crippen LogP contribution in [0.15, 0.2) is 36.4 Å². The van der Waals surface area contributed by atoms with E-state index in [0.29, 0.717) is 0 Å². The molecule has 1 N–H and O–H groups in total. The van der Waals surface area contributed by atoms with Gasteiger partial charge in [0, 0.05) is 18.5 Å². The number of aliphatic hydroxyl groups is 1. The summed E-state index contributed by atoms with van der Waals surface area (Å²) in [6, 6.07) is 13.9. The van der Waals surface area contributed by atoms with Gasteiger partial charge in [-0.1, -0.05) is 49.9 Å². The molecular formula is C29H42N2O2. The highest BCUT2D eigenvalue weighted by Crippen LogP contribution is 2.41. The van der Waals surface area contributed by atoms with Crippen LogP contribution in [0, 0.1) is 0 Å². The molecule has 0 radical (unpaired) electrons. The molecule has 4 nitrogen and oxygen atoms in total. The maximum atomic E-state index is 11.9. The number of methoxy groups -OCH3 is 1. The van der Waals surface area contributed by atoms with Crippen LogP contribution in [0.25, 0.3) is 10.8 Å². The average molecular weight is 451 g/mol. The van der Waals surface area contributed by atoms with E-state index in [1.807, 2.05) is 6.07 Å². The second-order valence-electron chi connectivity index (χ2n) is 10.8. The maximum Gasteiger partial charge on any atom is 0.119 e. The summed E-state index contributed by atoms with van der Waals surface area (Å²) in [4.78, 5) is 5.40. The number of ether oxygens (including phenoxy) is 1. The number of rotatable bonds is 6. The van der Waals surface area contributed by atoms with Crippen molar-refractivity contribution >= 4 is 10.8 Å². The minimum Gasteiger partial charge on any atom is -0.497 e. The average Bonchev–Trinajstić information content (AvgIpc) is 2.88. The summed E-state index contributed by atoms with van der Waals surface area (Å²) < 4.78 is 5.41. The summed E-state index contributed by atoms with van der Waals surface area (Å²) in [5.41, 5.74) is 0.720. The van der Waals surface area contributed by atoms with Crippen molar-refractivity contribution in [2.75, 3.05) is 39.8 Å². The van der Waals surface area contributed by atoms with Crippen molar-refractivity contribution in [1.29, 1.82) is 0 Å². The molecule has 1 aliphatic carbocycles. The van der Waals surface area contributed by atoms with Crippen LogP contribution in [0.2, 0.25) is 0 Å². The van der Waals surface area contributed by atoms with Crippen LogP contribution in [-0.2, 0) is 0 Å². The van der Waals surface area contributed by atoms with Gasteiger partial charge in [0.05, 0.1) is 12.7 Å². The minimum absolute atomic E-state index is 0.177. The van der Waals surface area contributed by atoms with E-state index >= 15 is 0 Å². The number of benzene rings is 2. The topological polar surface area (TPSA) is 35.9 Å². The first-order valence-corrected chi connectivity index (χ1v) is 13.4. The SMILES string of the molecule is COc1ccc2cc([C@@H](CN3CCC(N4CCCCC4)CC3)C3(O)CCCCC3)ccc2c1. The van der Waals surface area contributed by atoms with Gasteiger partial charge in [0.25, 0.3) is 0 Å². The Kier molecular flexibility index (Phi) is 7.24. The van der Waals surface area contributed by atoms with Crippen molar-refractivity contribution in [2.45, 2.75) is 81.8 Å². The van der Waals surface area contributed by atoms with Gasteiger partial charge >= 0.3 is 0 Å². The molecule has 2 aromatic carbocycles. The molecular weight excluding hydrogens is 408 g/mol. The Morgan fingerprint density at radius 2 is 1.55 bits per heavy atom. The summed E-state index contributed by atoms with van der Waals surface area (Å²) >= 11 is 0. The highest BCUT2D eigenvalue weighted by atomic mass is 16.5. The first-order valence-electron chi connectivity index (χ1n) is 13.4. The third kappa shape index (κ3) is 5.23. The fourth-order valence-electron chi connectivity index (χ4n) is 6.69. The quantitative estimate of drug-likeness (QED) is 0.623. The Hall–Kier alpha value is -1.62. The second kappa shape index (κ2) is 10.3. The smallest absolute Gasteiger partial charge is 0.119 e. The van der Waals surface area contributed by atoms with Gasteiger partial charge in [-0.3, -0.25) is 0 Å². The standard InChI is InChI=1S/C29H42N2O2/c1-33-27-11-10-23-20-25(9-8-24(23)21-27)28(29(32)14-4-2-5-15-29)22-30-18-12-26(13-19-30)31-16-6-3-7-17-31/h8-11,20-21,26,28,32H,2-7,12-19,22H2,1H3/t28-/m1/s1. The molecule has 2 heterocycles. The van der Waals surface area contributed by atoms with Crippen LogP contribution in [-0.4, -0.2) is 66.4 Å². The summed E-state index contributed by atoms with van der Waals surface area (Å²) in [6.07, 6.45) is 12.1. The third-order valence-electron chi connectivity index (χ3n) is 8.75. The van der Waals surface area contributed by atoms with Crippen LogP contribution >= 0.6 is 0 Å². The number of hydrogen-bond acceptors (Lipinski definition) is 4. The maximum absolute atomic E-state index is 11.9. The summed E-state index contributed by atoms with van der Waals surface area (Å²) in [5.74, 6) is 1.07. The van der Waals surface area contributed by atoms with E-state index in [1.165, 1.54) is 81.0 Å². The van der Waals surface area contributed by atoms with Gasteiger partial charge < -0.3 is 19.6 Å². The number of piperidine rings is 2. The Labute approximate surface area is 199 Å². The van der Waals surface area contributed by atoms with E-state index in [2.05, 4.69) is 40.1 Å². The predicted molar refractivity (Wildman–Crippen MR) is 136 cm³/mol. The monoisotopic (exact) mass is 450 g/mol. The van der Waals surface area contributed by atoms with E-state index in [0.717, 1.165) is 44.0 Å². The Morgan fingerprint density at radius 3 is 2.27 bits per heavy atom. The Bertz CT molecular complexity index is 909. The molecule has 3 aliphatic rings. The van der Waals surface area contributed by atoms with Crippen molar-refractivity contribution in [3.8, 4) is 5.75 Å². The van der Waals surface area contributed by atoms with E-state index in [9.17, 15) is 5.11 Å². The van der Waals surface area contributed by atoms with Gasteiger partial charge in [0.15, 0.2) is 0 Å². The zero-order valence-corrected chi connectivity index (χ0v) is 20.5. The van der Waals surface area contributed by atoms with Gasteiger partial charge in [-0.15, -0.1) is 0 Å². The van der Waals surface area contributed by atoms with Gasteiger partial charge in [0.1, 0.15) is 5.75 Å². The van der Waals surface area contributed by atoms with Crippen molar-refractivity contribution in [1.82, 2.24) is 9.80 Å². The second-order valence-corrected chi connectivity index (χ2v) is 10.8. The number of hydrogen-bond donors (Lipinski definition) is 1. The van der Waals surface area contributed by atoms with Gasteiger partial charge in [-0.2, -0.15) is 0 Å². The molecule has 0 bridgehead atoms. The molecule has 0 aromatic heterocycles. The molecule has 5 rings (SSSR count). The van der Waals surface area contributed by atoms with E-state index in [-0.39, 0.29) is 5.92 Å². The number of likely N-dealkylation sites (tertiary alicyclic amines) is 2. The fourth-order valence-corrected chi connectivity index (χ4v) is 6.69. The molecule has 2 aliphatic heterocycles. The molecule has 2 aromatic rings. The predicted octanol–water partition coefficient (Wildman–Crippen LogP) is 5.58. The Morgan fingerprint density at radius 1 is 0.879 bits per heavy atom. The molecule has 4 heteroatoms. The van der Waals surface area contributed by atoms with Crippen LogP contribution in [0.1, 0.15) is 75.7 Å². The van der Waals surface area contributed by atoms with Gasteiger partial charge in [-0.05, 0) is 93.2 Å². The Balaban J connectivity index is 1.34. The third-order valence-corrected chi connectivity index (χ3v) is 8.75. The van der Waals surface area contributed by atoms with E-state index < -0.39 is 5.60 Å². The molecule has 0 amide bonds. The van der Waals surface area contributed by atoms with Crippen LogP contribution in [0.5, 0.6) is 5.75 Å². The molecule has 3 fully saturated rings. The zero-order valence-electron chi connectivity index (χ0n) is 20.5. The number of fused-ring (bicyclic) bond motifs is 1. The van der Waals surface area contributed by atoms with Crippen molar-refractivity contribution in [2.24, 2.45) is 0 Å². The first kappa shape index (κ1) is 23.1. The van der Waals surface area contributed by atoms with Crippen LogP contribution in [0.3, 0.4) is 0 Å². The van der Waals surface area contributed by atoms with Gasteiger partial charge in [0.2, 0.25) is 0 Å². The van der Waals surface area contributed by atoms with Crippen molar-refractivity contribution in [3.05, 3.63) is 42.0 Å². The summed E-state index contributed by atoms with van der Waals surface area (Å²) in [7, 11) is 1.72. The van der Waals surface area contributed by atoms with E-state index in [1.54, 1.807) is 7.11 Å². The lowest BCUT2D eigenvalue weighted by atomic mass is 9.72. The highest BCUT2D eigenvalue weighted by molar-refractivity contribution is 5.84. The first-order chi connectivity index (χ1) is 16.1. The number of nitrogens with zero attached hydrogens (tertiary/aromatic N) is 2. The van der Waals surface area contributed by atoms with Crippen LogP contribution in [0.4, 0.5) is 0 Å². The lowest BCUT2D eigenvalue weighted by Gasteiger charge is -2.45. The molecule has 2 saturated heterocycles. The van der Waals surface area contributed by atoms with Gasteiger partial charge in [-0.25, -0.2) is 0 Å². The van der Waals surface area contributed by atoms with E-state index in [4.69, 9.17) is 4.74 Å². The molecule has 1 saturated carbocycles. The fraction of sp³-hybridized carbons (Fsp3) is 0.655. The largest absolute Gasteiger partial charge is 0.497 e. The summed E-state index contributed by atoms with van der Waals surface area (Å²) in [5, 5.41) is 14.3. The molecule has 1 atom stereocenters. The lowest BCUT2D eigenvalue weighted by Crippen LogP contribution is -2.50. The van der Waals surface area contributed by atoms with Crippen LogP contribution < -0.4 is 4.74 Å². The lowest BCUT2D eigenvalue weighted by molar-refractivity contribution is -0.0343. The normalized spacial score (nSPS) is 24.1. The zero-order chi connectivity index (χ0) is 22.7.